The van der Waals surface area contributed by atoms with Crippen LogP contribution in [0.4, 0.5) is 11.1 Å². The molecule has 0 unspecified atom stereocenters. The Hall–Kier alpha value is -2.65. The van der Waals surface area contributed by atoms with Crippen molar-refractivity contribution in [1.82, 2.24) is 19.9 Å². The average molecular weight is 401 g/mol. The third-order valence-electron chi connectivity index (χ3n) is 5.03. The number of carbonyl (C=O) groups is 1. The van der Waals surface area contributed by atoms with Gasteiger partial charge in [-0.15, -0.1) is 11.3 Å². The third-order valence-corrected chi connectivity index (χ3v) is 5.75. The molecule has 0 saturated carbocycles. The Morgan fingerprint density at radius 3 is 3.00 bits per heavy atom. The zero-order chi connectivity index (χ0) is 19.7. The summed E-state index contributed by atoms with van der Waals surface area (Å²) >= 11 is 1.43. The molecule has 1 aliphatic heterocycles. The number of aryl methyl sites for hydroxylation is 2. The first kappa shape index (κ1) is 18.7. The van der Waals surface area contributed by atoms with Gasteiger partial charge in [-0.05, 0) is 37.5 Å². The van der Waals surface area contributed by atoms with Crippen molar-refractivity contribution in [2.45, 2.75) is 25.4 Å². The molecule has 9 heteroatoms. The summed E-state index contributed by atoms with van der Waals surface area (Å²) in [6.45, 7) is 1.96. The molecule has 0 radical (unpaired) electrons. The lowest BCUT2D eigenvalue weighted by Crippen LogP contribution is -2.24. The quantitative estimate of drug-likeness (QED) is 0.542. The first-order valence-corrected chi connectivity index (χ1v) is 10.3. The Morgan fingerprint density at radius 2 is 2.29 bits per heavy atom. The smallest absolute Gasteiger partial charge is 0.251 e. The number of fused-ring (bicyclic) bond motifs is 1. The molecule has 1 saturated heterocycles. The van der Waals surface area contributed by atoms with Gasteiger partial charge in [0.25, 0.3) is 5.91 Å². The van der Waals surface area contributed by atoms with E-state index in [0.29, 0.717) is 23.8 Å². The molecule has 28 heavy (non-hydrogen) atoms. The Bertz CT molecular complexity index is 998. The van der Waals surface area contributed by atoms with Gasteiger partial charge in [-0.3, -0.25) is 4.79 Å². The van der Waals surface area contributed by atoms with Crippen molar-refractivity contribution < 1.29 is 9.90 Å². The van der Waals surface area contributed by atoms with E-state index in [1.807, 2.05) is 35.2 Å². The number of aromatic nitrogens is 3. The zero-order valence-electron chi connectivity index (χ0n) is 15.8. The lowest BCUT2D eigenvalue weighted by molar-refractivity contribution is 0.0953. The van der Waals surface area contributed by atoms with Crippen molar-refractivity contribution >= 4 is 39.4 Å². The monoisotopic (exact) mass is 400 g/mol. The number of rotatable bonds is 6. The van der Waals surface area contributed by atoms with Crippen LogP contribution < -0.4 is 16.0 Å². The van der Waals surface area contributed by atoms with E-state index in [0.717, 1.165) is 48.5 Å². The number of nitrogen functional groups attached to an aromatic ring is 1. The maximum absolute atomic E-state index is 12.5. The summed E-state index contributed by atoms with van der Waals surface area (Å²) < 4.78 is 2.01. The summed E-state index contributed by atoms with van der Waals surface area (Å²) in [5.41, 5.74) is 8.93. The molecular formula is C19H24N6O2S. The van der Waals surface area contributed by atoms with Crippen LogP contribution in [-0.2, 0) is 13.5 Å². The van der Waals surface area contributed by atoms with Crippen LogP contribution in [0.3, 0.4) is 0 Å². The minimum Gasteiger partial charge on any atom is -0.391 e. The number of thiazole rings is 1. The number of β-amino-alcohol motifs (C(OH)–C–C–N with tert-alkyl or cyclic N) is 1. The number of anilines is 2. The van der Waals surface area contributed by atoms with Gasteiger partial charge in [0.2, 0.25) is 5.95 Å². The van der Waals surface area contributed by atoms with Crippen molar-refractivity contribution in [3.63, 3.8) is 0 Å². The SMILES string of the molecule is Cn1c(N2CC[C@H](O)C2)nc2cc(C(=O)NCCCc3csc(N)n3)ccc21. The van der Waals surface area contributed by atoms with Crippen molar-refractivity contribution in [2.75, 3.05) is 30.3 Å². The molecule has 148 valence electrons. The molecule has 2 aromatic heterocycles. The van der Waals surface area contributed by atoms with Gasteiger partial charge in [0, 0.05) is 37.6 Å². The predicted octanol–water partition coefficient (Wildman–Crippen LogP) is 1.55. The van der Waals surface area contributed by atoms with Crippen molar-refractivity contribution in [1.29, 1.82) is 0 Å². The Morgan fingerprint density at radius 1 is 1.43 bits per heavy atom. The number of imidazole rings is 1. The van der Waals surface area contributed by atoms with E-state index in [4.69, 9.17) is 5.73 Å². The molecule has 4 N–H and O–H groups in total. The van der Waals surface area contributed by atoms with Crippen molar-refractivity contribution in [3.05, 3.63) is 34.8 Å². The lowest BCUT2D eigenvalue weighted by atomic mass is 10.2. The molecule has 1 fully saturated rings. The van der Waals surface area contributed by atoms with Gasteiger partial charge in [0.1, 0.15) is 0 Å². The number of aliphatic hydroxyl groups excluding tert-OH is 1. The predicted molar refractivity (Wildman–Crippen MR) is 111 cm³/mol. The third kappa shape index (κ3) is 3.81. The molecule has 0 spiro atoms. The second-order valence-electron chi connectivity index (χ2n) is 7.10. The number of carbonyl (C=O) groups excluding carboxylic acids is 1. The van der Waals surface area contributed by atoms with Crippen LogP contribution in [0.5, 0.6) is 0 Å². The Kier molecular flexibility index (Phi) is 5.19. The van der Waals surface area contributed by atoms with Crippen LogP contribution in [0.15, 0.2) is 23.6 Å². The molecule has 4 rings (SSSR count). The van der Waals surface area contributed by atoms with Crippen LogP contribution in [0, 0.1) is 0 Å². The van der Waals surface area contributed by atoms with Gasteiger partial charge >= 0.3 is 0 Å². The van der Waals surface area contributed by atoms with E-state index in [1.54, 1.807) is 0 Å². The number of hydrogen-bond acceptors (Lipinski definition) is 7. The lowest BCUT2D eigenvalue weighted by Gasteiger charge is -2.16. The molecule has 0 bridgehead atoms. The highest BCUT2D eigenvalue weighted by atomic mass is 32.1. The molecule has 3 aromatic rings. The number of hydrogen-bond donors (Lipinski definition) is 3. The summed E-state index contributed by atoms with van der Waals surface area (Å²) in [6, 6.07) is 5.57. The fraction of sp³-hybridized carbons (Fsp3) is 0.421. The van der Waals surface area contributed by atoms with E-state index in [9.17, 15) is 9.90 Å². The topological polar surface area (TPSA) is 109 Å². The molecular weight excluding hydrogens is 376 g/mol. The fourth-order valence-corrected chi connectivity index (χ4v) is 4.14. The highest BCUT2D eigenvalue weighted by molar-refractivity contribution is 7.13. The average Bonchev–Trinajstić information content (AvgIpc) is 3.38. The molecule has 1 amide bonds. The van der Waals surface area contributed by atoms with Crippen molar-refractivity contribution in [3.8, 4) is 0 Å². The summed E-state index contributed by atoms with van der Waals surface area (Å²) in [5.74, 6) is 0.718. The van der Waals surface area contributed by atoms with Gasteiger partial charge in [-0.1, -0.05) is 0 Å². The van der Waals surface area contributed by atoms with Crippen LogP contribution >= 0.6 is 11.3 Å². The van der Waals surface area contributed by atoms with E-state index in [-0.39, 0.29) is 12.0 Å². The number of nitrogens with two attached hydrogens (primary N) is 1. The van der Waals surface area contributed by atoms with Crippen LogP contribution in [0.2, 0.25) is 0 Å². The van der Waals surface area contributed by atoms with Crippen LogP contribution in [0.1, 0.15) is 28.9 Å². The molecule has 1 aliphatic rings. The van der Waals surface area contributed by atoms with E-state index < -0.39 is 0 Å². The summed E-state index contributed by atoms with van der Waals surface area (Å²) in [5, 5.41) is 15.3. The first-order chi connectivity index (χ1) is 13.5. The number of nitrogens with zero attached hydrogens (tertiary/aromatic N) is 4. The summed E-state index contributed by atoms with van der Waals surface area (Å²) in [6.07, 6.45) is 2.05. The molecule has 1 aromatic carbocycles. The summed E-state index contributed by atoms with van der Waals surface area (Å²) in [7, 11) is 1.96. The first-order valence-electron chi connectivity index (χ1n) is 9.39. The van der Waals surface area contributed by atoms with Crippen LogP contribution in [0.25, 0.3) is 11.0 Å². The second kappa shape index (κ2) is 7.76. The zero-order valence-corrected chi connectivity index (χ0v) is 16.6. The highest BCUT2D eigenvalue weighted by Gasteiger charge is 2.24. The minimum absolute atomic E-state index is 0.108. The van der Waals surface area contributed by atoms with Gasteiger partial charge in [0.15, 0.2) is 5.13 Å². The van der Waals surface area contributed by atoms with Crippen LogP contribution in [-0.4, -0.2) is 51.3 Å². The highest BCUT2D eigenvalue weighted by Crippen LogP contribution is 2.25. The number of amides is 1. The van der Waals surface area contributed by atoms with E-state index in [1.165, 1.54) is 11.3 Å². The molecule has 1 atom stereocenters. The molecule has 0 aliphatic carbocycles. The van der Waals surface area contributed by atoms with Gasteiger partial charge < -0.3 is 25.6 Å². The van der Waals surface area contributed by atoms with E-state index >= 15 is 0 Å². The maximum Gasteiger partial charge on any atom is 0.251 e. The van der Waals surface area contributed by atoms with Gasteiger partial charge in [-0.2, -0.15) is 0 Å². The standard InChI is InChI=1S/C19H24N6O2S/c1-24-16-5-4-12(9-15(16)23-19(24)25-8-6-14(26)10-25)17(27)21-7-2-3-13-11-28-18(20)22-13/h4-5,9,11,14,26H,2-3,6-8,10H2,1H3,(H2,20,22)(H,21,27)/t14-/m0/s1. The Balaban J connectivity index is 1.40. The normalized spacial score (nSPS) is 16.8. The number of aliphatic hydroxyl groups is 1. The van der Waals surface area contributed by atoms with Crippen molar-refractivity contribution in [2.24, 2.45) is 7.05 Å². The molecule has 8 nitrogen and oxygen atoms in total. The van der Waals surface area contributed by atoms with Gasteiger partial charge in [0.05, 0.1) is 22.8 Å². The fourth-order valence-electron chi connectivity index (χ4n) is 3.55. The van der Waals surface area contributed by atoms with Gasteiger partial charge in [-0.25, -0.2) is 9.97 Å². The largest absolute Gasteiger partial charge is 0.391 e. The molecule has 3 heterocycles. The maximum atomic E-state index is 12.5. The number of nitrogens with one attached hydrogen (secondary N) is 1. The van der Waals surface area contributed by atoms with E-state index in [2.05, 4.69) is 20.2 Å². The second-order valence-corrected chi connectivity index (χ2v) is 7.99. The Labute approximate surface area is 167 Å². The number of benzene rings is 1. The summed E-state index contributed by atoms with van der Waals surface area (Å²) in [4.78, 5) is 23.5. The minimum atomic E-state index is -0.304.